The summed E-state index contributed by atoms with van der Waals surface area (Å²) in [6, 6.07) is 0. The molecule has 7 nitrogen and oxygen atoms in total. The van der Waals surface area contributed by atoms with E-state index >= 15 is 0 Å². The molecule has 0 amide bonds. The second-order valence-corrected chi connectivity index (χ2v) is 2.81. The first-order valence-corrected chi connectivity index (χ1v) is 4.51. The van der Waals surface area contributed by atoms with Gasteiger partial charge in [0.15, 0.2) is 0 Å². The Balaban J connectivity index is 2.66. The Morgan fingerprint density at radius 1 is 1.00 bits per heavy atom. The average Bonchev–Trinajstić information content (AvgIpc) is 2.23. The van der Waals surface area contributed by atoms with Gasteiger partial charge in [0.05, 0.1) is 0 Å². The van der Waals surface area contributed by atoms with Crippen LogP contribution in [0, 0.1) is 0 Å². The van der Waals surface area contributed by atoms with Gasteiger partial charge in [-0.25, -0.2) is 0 Å². The van der Waals surface area contributed by atoms with Gasteiger partial charge in [-0.2, -0.15) is 15.0 Å². The SMILES string of the molecule is COCNc1nc(Cl)nc(NCOC)n1. The molecule has 1 aromatic rings. The summed E-state index contributed by atoms with van der Waals surface area (Å²) in [6.45, 7) is 0.591. The van der Waals surface area contributed by atoms with Crippen molar-refractivity contribution in [3.8, 4) is 0 Å². The molecule has 0 aromatic carbocycles. The maximum atomic E-state index is 5.68. The van der Waals surface area contributed by atoms with Gasteiger partial charge in [-0.3, -0.25) is 0 Å². The number of nitrogens with zero attached hydrogens (tertiary/aromatic N) is 3. The first-order chi connectivity index (χ1) is 7.26. The van der Waals surface area contributed by atoms with Gasteiger partial charge in [-0.15, -0.1) is 0 Å². The number of hydrogen-bond donors (Lipinski definition) is 2. The fourth-order valence-electron chi connectivity index (χ4n) is 0.782. The highest BCUT2D eigenvalue weighted by molar-refractivity contribution is 6.28. The van der Waals surface area contributed by atoms with Crippen LogP contribution < -0.4 is 10.6 Å². The van der Waals surface area contributed by atoms with Crippen molar-refractivity contribution in [1.29, 1.82) is 0 Å². The Kier molecular flexibility index (Phi) is 5.02. The number of anilines is 2. The van der Waals surface area contributed by atoms with Crippen molar-refractivity contribution in [1.82, 2.24) is 15.0 Å². The molecular weight excluding hydrogens is 222 g/mol. The first kappa shape index (κ1) is 11.9. The van der Waals surface area contributed by atoms with Gasteiger partial charge >= 0.3 is 0 Å². The van der Waals surface area contributed by atoms with E-state index in [1.54, 1.807) is 14.2 Å². The van der Waals surface area contributed by atoms with Gasteiger partial charge in [0.1, 0.15) is 13.5 Å². The highest BCUT2D eigenvalue weighted by Crippen LogP contribution is 2.08. The predicted molar refractivity (Wildman–Crippen MR) is 55.8 cm³/mol. The number of nitrogens with one attached hydrogen (secondary N) is 2. The van der Waals surface area contributed by atoms with E-state index in [0.717, 1.165) is 0 Å². The topological polar surface area (TPSA) is 81.2 Å². The van der Waals surface area contributed by atoms with Gasteiger partial charge in [-0.1, -0.05) is 0 Å². The Labute approximate surface area is 92.2 Å². The molecule has 0 aliphatic rings. The molecule has 0 bridgehead atoms. The molecule has 2 N–H and O–H groups in total. The van der Waals surface area contributed by atoms with Crippen LogP contribution in [0.5, 0.6) is 0 Å². The van der Waals surface area contributed by atoms with Crippen LogP contribution >= 0.6 is 11.6 Å². The number of methoxy groups -OCH3 is 2. The largest absolute Gasteiger partial charge is 0.364 e. The molecule has 84 valence electrons. The molecule has 0 aliphatic heterocycles. The van der Waals surface area contributed by atoms with Crippen molar-refractivity contribution in [2.24, 2.45) is 0 Å². The van der Waals surface area contributed by atoms with Crippen LogP contribution in [0.2, 0.25) is 5.28 Å². The Morgan fingerprint density at radius 3 is 1.87 bits per heavy atom. The predicted octanol–water partition coefficient (Wildman–Crippen LogP) is 0.557. The van der Waals surface area contributed by atoms with Gasteiger partial charge in [0, 0.05) is 14.2 Å². The summed E-state index contributed by atoms with van der Waals surface area (Å²) in [5, 5.41) is 5.70. The Hall–Kier alpha value is -1.18. The highest BCUT2D eigenvalue weighted by Gasteiger charge is 2.03. The third kappa shape index (κ3) is 4.24. The summed E-state index contributed by atoms with van der Waals surface area (Å²) in [4.78, 5) is 11.7. The monoisotopic (exact) mass is 233 g/mol. The molecule has 1 rings (SSSR count). The zero-order valence-electron chi connectivity index (χ0n) is 8.45. The number of aromatic nitrogens is 3. The smallest absolute Gasteiger partial charge is 0.230 e. The van der Waals surface area contributed by atoms with Gasteiger partial charge in [0.25, 0.3) is 0 Å². The number of halogens is 1. The van der Waals surface area contributed by atoms with Crippen LogP contribution in [-0.4, -0.2) is 42.6 Å². The quantitative estimate of drug-likeness (QED) is 0.695. The van der Waals surface area contributed by atoms with Crippen molar-refractivity contribution in [3.63, 3.8) is 0 Å². The summed E-state index contributed by atoms with van der Waals surface area (Å²) in [5.41, 5.74) is 0. The van der Waals surface area contributed by atoms with Crippen molar-refractivity contribution >= 4 is 23.5 Å². The van der Waals surface area contributed by atoms with Crippen LogP contribution in [0.15, 0.2) is 0 Å². The number of hydrogen-bond acceptors (Lipinski definition) is 7. The summed E-state index contributed by atoms with van der Waals surface area (Å²) >= 11 is 5.68. The van der Waals surface area contributed by atoms with Crippen molar-refractivity contribution in [2.45, 2.75) is 0 Å². The van der Waals surface area contributed by atoms with E-state index in [-0.39, 0.29) is 5.28 Å². The molecule has 1 heterocycles. The first-order valence-electron chi connectivity index (χ1n) is 4.13. The summed E-state index contributed by atoms with van der Waals surface area (Å²) < 4.78 is 9.61. The minimum absolute atomic E-state index is 0.0993. The summed E-state index contributed by atoms with van der Waals surface area (Å²) in [7, 11) is 3.11. The van der Waals surface area contributed by atoms with Crippen molar-refractivity contribution < 1.29 is 9.47 Å². The van der Waals surface area contributed by atoms with E-state index in [4.69, 9.17) is 21.1 Å². The minimum Gasteiger partial charge on any atom is -0.364 e. The van der Waals surface area contributed by atoms with E-state index in [1.165, 1.54) is 0 Å². The zero-order chi connectivity index (χ0) is 11.1. The van der Waals surface area contributed by atoms with Crippen molar-refractivity contribution in [2.75, 3.05) is 38.3 Å². The van der Waals surface area contributed by atoms with E-state index in [1.807, 2.05) is 0 Å². The molecule has 0 unspecified atom stereocenters. The summed E-state index contributed by atoms with van der Waals surface area (Å²) in [5.74, 6) is 0.686. The van der Waals surface area contributed by atoms with Crippen LogP contribution in [-0.2, 0) is 9.47 Å². The highest BCUT2D eigenvalue weighted by atomic mass is 35.5. The molecular formula is C7H12ClN5O2. The molecule has 15 heavy (non-hydrogen) atoms. The van der Waals surface area contributed by atoms with Crippen LogP contribution in [0.1, 0.15) is 0 Å². The second-order valence-electron chi connectivity index (χ2n) is 2.47. The normalized spacial score (nSPS) is 10.1. The minimum atomic E-state index is 0.0993. The molecule has 0 atom stereocenters. The third-order valence-corrected chi connectivity index (χ3v) is 1.53. The summed E-state index contributed by atoms with van der Waals surface area (Å²) in [6.07, 6.45) is 0. The second kappa shape index (κ2) is 6.33. The lowest BCUT2D eigenvalue weighted by molar-refractivity contribution is 0.219. The van der Waals surface area contributed by atoms with Crippen LogP contribution in [0.4, 0.5) is 11.9 Å². The molecule has 0 radical (unpaired) electrons. The van der Waals surface area contributed by atoms with E-state index in [0.29, 0.717) is 25.4 Å². The van der Waals surface area contributed by atoms with E-state index in [2.05, 4.69) is 25.6 Å². The third-order valence-electron chi connectivity index (χ3n) is 1.36. The van der Waals surface area contributed by atoms with Crippen LogP contribution in [0.3, 0.4) is 0 Å². The molecule has 0 saturated carbocycles. The molecule has 0 spiro atoms. The molecule has 0 fully saturated rings. The maximum Gasteiger partial charge on any atom is 0.230 e. The number of ether oxygens (including phenoxy) is 2. The lowest BCUT2D eigenvalue weighted by atomic mass is 10.8. The van der Waals surface area contributed by atoms with Crippen LogP contribution in [0.25, 0.3) is 0 Å². The van der Waals surface area contributed by atoms with Gasteiger partial charge < -0.3 is 20.1 Å². The van der Waals surface area contributed by atoms with Gasteiger partial charge in [-0.05, 0) is 11.6 Å². The van der Waals surface area contributed by atoms with E-state index in [9.17, 15) is 0 Å². The molecule has 0 saturated heterocycles. The average molecular weight is 234 g/mol. The maximum absolute atomic E-state index is 5.68. The number of rotatable bonds is 6. The lowest BCUT2D eigenvalue weighted by Gasteiger charge is -2.06. The fourth-order valence-corrected chi connectivity index (χ4v) is 0.942. The standard InChI is InChI=1S/C7H12ClN5O2/c1-14-3-9-6-11-5(8)12-7(13-6)10-4-15-2/h3-4H2,1-2H3,(H2,9,10,11,12,13). The van der Waals surface area contributed by atoms with Crippen molar-refractivity contribution in [3.05, 3.63) is 5.28 Å². The van der Waals surface area contributed by atoms with Gasteiger partial charge in [0.2, 0.25) is 17.2 Å². The Morgan fingerprint density at radius 2 is 1.47 bits per heavy atom. The van der Waals surface area contributed by atoms with E-state index < -0.39 is 0 Å². The fraction of sp³-hybridized carbons (Fsp3) is 0.571. The Bertz CT molecular complexity index is 285. The molecule has 8 heteroatoms. The molecule has 0 aliphatic carbocycles. The lowest BCUT2D eigenvalue weighted by Crippen LogP contribution is -2.12. The zero-order valence-corrected chi connectivity index (χ0v) is 9.21. The molecule has 1 aromatic heterocycles.